The first-order valence-electron chi connectivity index (χ1n) is 33.7. The third-order valence-electron chi connectivity index (χ3n) is 19.5. The molecule has 45 atom stereocenters. The number of aliphatic hydroxyl groups excluding tert-OH is 27. The Bertz CT molecular complexity index is 2710. The van der Waals surface area contributed by atoms with Crippen LogP contribution >= 0.6 is 0 Å². The first-order valence-corrected chi connectivity index (χ1v) is 33.7. The second kappa shape index (κ2) is 37.9. The van der Waals surface area contributed by atoms with Crippen molar-refractivity contribution >= 4 is 11.8 Å². The second-order valence-electron chi connectivity index (χ2n) is 26.7. The first kappa shape index (κ1) is 87.2. The molecular weight excluding hydrogens is 1460 g/mol. The molecule has 29 N–H and O–H groups in total. The molecule has 0 aromatic rings. The van der Waals surface area contributed by atoms with Gasteiger partial charge in [0, 0.05) is 13.8 Å². The fourth-order valence-electron chi connectivity index (χ4n) is 13.5. The molecule has 0 radical (unpaired) electrons. The zero-order chi connectivity index (χ0) is 77.9. The molecule has 106 heavy (non-hydrogen) atoms. The third-order valence-corrected chi connectivity index (χ3v) is 19.5. The number of hydrogen-bond donors (Lipinski definition) is 29. The first-order chi connectivity index (χ1) is 50.2. The van der Waals surface area contributed by atoms with E-state index in [1.165, 1.54) is 0 Å². The molecule has 9 aliphatic rings. The lowest BCUT2D eigenvalue weighted by Crippen LogP contribution is -2.70. The predicted octanol–water partition coefficient (Wildman–Crippen LogP) is -20.3. The Kier molecular flexibility index (Phi) is 31.1. The van der Waals surface area contributed by atoms with E-state index in [0.717, 1.165) is 13.8 Å². The summed E-state index contributed by atoms with van der Waals surface area (Å²) < 4.78 is 98.8. The van der Waals surface area contributed by atoms with Crippen molar-refractivity contribution in [3.8, 4) is 0 Å². The molecule has 2 amide bonds. The lowest BCUT2D eigenvalue weighted by Gasteiger charge is -2.50. The highest BCUT2D eigenvalue weighted by molar-refractivity contribution is 5.73. The van der Waals surface area contributed by atoms with Crippen molar-refractivity contribution in [2.45, 2.75) is 290 Å². The summed E-state index contributed by atoms with van der Waals surface area (Å²) in [6.45, 7) is -7.70. The number of carbonyl (C=O) groups excluding carboxylic acids is 2. The van der Waals surface area contributed by atoms with Gasteiger partial charge in [0.15, 0.2) is 56.6 Å². The van der Waals surface area contributed by atoms with Crippen LogP contribution in [-0.2, 0) is 90.1 Å². The van der Waals surface area contributed by atoms with Crippen molar-refractivity contribution in [2.75, 3.05) is 59.5 Å². The Morgan fingerprint density at radius 2 is 0.509 bits per heavy atom. The highest BCUT2D eigenvalue weighted by Gasteiger charge is 2.60. The molecular formula is C58H98N2O46. The molecule has 0 aliphatic carbocycles. The van der Waals surface area contributed by atoms with Gasteiger partial charge in [0.05, 0.1) is 59.5 Å². The molecule has 9 aliphatic heterocycles. The average molecular weight is 1560 g/mol. The molecule has 9 rings (SSSR count). The lowest BCUT2D eigenvalue weighted by atomic mass is 9.94. The quantitative estimate of drug-likeness (QED) is 0.0363. The molecule has 9 heterocycles. The molecule has 0 bridgehead atoms. The van der Waals surface area contributed by atoms with Gasteiger partial charge in [-0.25, -0.2) is 0 Å². The van der Waals surface area contributed by atoms with Crippen LogP contribution in [0, 0.1) is 0 Å². The zero-order valence-corrected chi connectivity index (χ0v) is 56.2. The SMILES string of the molecule is CC(=O)N[C@@H]1[C@@H](O)[C@H](O[C@@H]2O[C@H](CO)[C@@H](O[C@@H]3O[C@H](CO[C@H]4O[C@H](CO[C@H]5O[C@H](CO)[C@@H](O)[C@H](O)[C@@H]5O)[C@@H](O)[C@H](O[C@H]5O[C@H](CO)[C@@H](O)[C@H](O)[C@@H]5O[C@H]5O[C@H](CO)[C@@H](O)[C@H](O)[C@@H]5O[C@H]5O[C@H](CO)[C@@H](O)[C@H](O)[C@@H]5O)[C@@H]4O)[C@@H](O)[C@H](O[C@H]4O[C@H](CO)[C@@H](O)[C@H](O)[C@@H]4O)[C@@H]3O)[C@H](O)[C@H]2NC(C)=O)[C@@H](CO)O[C@H]1O. The number of carbonyl (C=O) groups is 2. The van der Waals surface area contributed by atoms with E-state index in [1.807, 2.05) is 0 Å². The molecule has 0 unspecified atom stereocenters. The van der Waals surface area contributed by atoms with Crippen LogP contribution in [0.1, 0.15) is 13.8 Å². The molecule has 0 saturated carbocycles. The van der Waals surface area contributed by atoms with Gasteiger partial charge >= 0.3 is 0 Å². The van der Waals surface area contributed by atoms with Gasteiger partial charge in [-0.1, -0.05) is 0 Å². The van der Waals surface area contributed by atoms with E-state index < -0.39 is 348 Å². The standard InChI is InChI=1S/C58H98N2O46/c1-12(68)59-23-32(77)44(19(8-66)92-50(23)89)101-51-24(60-13(2)69)33(78)45(20(9-67)98-51)102-56-43(88)47(103-54-40(85)35(80)26(71)15(4-62)94-54)31(76)22(100-56)11-91-53-42(87)46(30(75)21(99-53)10-90-52-39(84)34(79)25(70)14(3-61)93-52)104-57-49(38(83)29(74)17(6-64)96-57)106-58-48(37(82)28(73)18(7-65)97-58)105-55-41(86)36(81)27(72)16(5-63)95-55/h14-58,61-67,70-89H,3-11H2,1-2H3,(H,59,68)(H,60,69)/t14-,15-,16-,17-,18-,19-,20-,21-,22-,23-,24-,25-,26-,27-,28-,29-,30-,31-,32-,33-,34+,35+,36+,37+,38+,39+,40+,41+,42+,43+,44-,45-,46+,47+,48+,49+,50-,51+,52+,53+,54-,55-,56+,57-,58-/m1/s1. The largest absolute Gasteiger partial charge is 0.394 e. The van der Waals surface area contributed by atoms with Crippen LogP contribution < -0.4 is 10.6 Å². The summed E-state index contributed by atoms with van der Waals surface area (Å²) in [5.41, 5.74) is 0. The Labute approximate surface area is 598 Å². The summed E-state index contributed by atoms with van der Waals surface area (Å²) in [5.74, 6) is -1.69. The van der Waals surface area contributed by atoms with Crippen LogP contribution in [0.15, 0.2) is 0 Å². The van der Waals surface area contributed by atoms with E-state index in [0.29, 0.717) is 0 Å². The van der Waals surface area contributed by atoms with Crippen molar-refractivity contribution in [1.29, 1.82) is 0 Å². The van der Waals surface area contributed by atoms with E-state index in [2.05, 4.69) is 10.6 Å². The normalized spacial score (nSPS) is 51.2. The minimum Gasteiger partial charge on any atom is -0.394 e. The topological polar surface area (TPSA) is 761 Å². The molecule has 0 aromatic carbocycles. The van der Waals surface area contributed by atoms with Crippen molar-refractivity contribution < 1.29 is 228 Å². The van der Waals surface area contributed by atoms with E-state index in [1.54, 1.807) is 0 Å². The number of ether oxygens (including phenoxy) is 17. The minimum absolute atomic E-state index is 0.772. The molecule has 616 valence electrons. The number of aliphatic hydroxyl groups is 27. The van der Waals surface area contributed by atoms with Gasteiger partial charge in [-0.05, 0) is 0 Å². The summed E-state index contributed by atoms with van der Waals surface area (Å²) in [6.07, 6.45) is -90.5. The Balaban J connectivity index is 1.03. The molecule has 48 nitrogen and oxygen atoms in total. The smallest absolute Gasteiger partial charge is 0.217 e. The predicted molar refractivity (Wildman–Crippen MR) is 320 cm³/mol. The summed E-state index contributed by atoms with van der Waals surface area (Å²) in [7, 11) is 0. The molecule has 48 heteroatoms. The van der Waals surface area contributed by atoms with Crippen LogP contribution in [-0.4, -0.2) is 485 Å². The minimum atomic E-state index is -2.50. The Morgan fingerprint density at radius 1 is 0.245 bits per heavy atom. The summed E-state index contributed by atoms with van der Waals surface area (Å²) >= 11 is 0. The monoisotopic (exact) mass is 1560 g/mol. The Morgan fingerprint density at radius 3 is 0.925 bits per heavy atom. The van der Waals surface area contributed by atoms with Crippen LogP contribution in [0.25, 0.3) is 0 Å². The fraction of sp³-hybridized carbons (Fsp3) is 0.966. The highest BCUT2D eigenvalue weighted by Crippen LogP contribution is 2.39. The van der Waals surface area contributed by atoms with Gasteiger partial charge in [-0.15, -0.1) is 0 Å². The van der Waals surface area contributed by atoms with E-state index in [9.17, 15) is 147 Å². The third kappa shape index (κ3) is 18.7. The van der Waals surface area contributed by atoms with Gasteiger partial charge in [-0.3, -0.25) is 9.59 Å². The van der Waals surface area contributed by atoms with Crippen LogP contribution in [0.3, 0.4) is 0 Å². The zero-order valence-electron chi connectivity index (χ0n) is 56.2. The number of hydrogen-bond acceptors (Lipinski definition) is 46. The molecule has 0 spiro atoms. The summed E-state index contributed by atoms with van der Waals surface area (Å²) in [6, 6.07) is -3.50. The maximum absolute atomic E-state index is 12.8. The maximum Gasteiger partial charge on any atom is 0.217 e. The second-order valence-corrected chi connectivity index (χ2v) is 26.7. The summed E-state index contributed by atoms with van der Waals surface area (Å²) in [4.78, 5) is 24.9. The average Bonchev–Trinajstić information content (AvgIpc) is 0.771. The van der Waals surface area contributed by atoms with Crippen molar-refractivity contribution in [2.24, 2.45) is 0 Å². The van der Waals surface area contributed by atoms with Crippen molar-refractivity contribution in [1.82, 2.24) is 10.6 Å². The van der Waals surface area contributed by atoms with Gasteiger partial charge in [0.1, 0.15) is 220 Å². The molecule has 9 fully saturated rings. The summed E-state index contributed by atoms with van der Waals surface area (Å²) in [5, 5.41) is 301. The van der Waals surface area contributed by atoms with Gasteiger partial charge in [0.25, 0.3) is 0 Å². The van der Waals surface area contributed by atoms with Gasteiger partial charge < -0.3 is 229 Å². The number of amides is 2. The van der Waals surface area contributed by atoms with Crippen LogP contribution in [0.2, 0.25) is 0 Å². The maximum atomic E-state index is 12.8. The fourth-order valence-corrected chi connectivity index (χ4v) is 13.5. The Hall–Kier alpha value is -2.82. The number of rotatable bonds is 27. The van der Waals surface area contributed by atoms with Gasteiger partial charge in [-0.2, -0.15) is 0 Å². The van der Waals surface area contributed by atoms with Crippen molar-refractivity contribution in [3.05, 3.63) is 0 Å². The van der Waals surface area contributed by atoms with Crippen LogP contribution in [0.4, 0.5) is 0 Å². The molecule has 9 saturated heterocycles. The van der Waals surface area contributed by atoms with E-state index >= 15 is 0 Å². The van der Waals surface area contributed by atoms with Crippen LogP contribution in [0.5, 0.6) is 0 Å². The highest BCUT2D eigenvalue weighted by atomic mass is 16.8. The van der Waals surface area contributed by atoms with Crippen molar-refractivity contribution in [3.63, 3.8) is 0 Å². The van der Waals surface area contributed by atoms with Gasteiger partial charge in [0.2, 0.25) is 11.8 Å². The molecule has 0 aromatic heterocycles. The van der Waals surface area contributed by atoms with E-state index in [-0.39, 0.29) is 0 Å². The number of nitrogens with one attached hydrogen (secondary N) is 2. The van der Waals surface area contributed by atoms with E-state index in [4.69, 9.17) is 80.5 Å². The lowest BCUT2D eigenvalue weighted by molar-refractivity contribution is -0.405.